The van der Waals surface area contributed by atoms with Gasteiger partial charge in [-0.2, -0.15) is 0 Å². The van der Waals surface area contributed by atoms with Gasteiger partial charge >= 0.3 is 11.8 Å². The molecule has 0 fully saturated rings. The number of hydrogen-bond donors (Lipinski definition) is 3. The van der Waals surface area contributed by atoms with Crippen LogP contribution in [0.3, 0.4) is 0 Å². The van der Waals surface area contributed by atoms with E-state index >= 15 is 0 Å². The van der Waals surface area contributed by atoms with Gasteiger partial charge in [0.1, 0.15) is 0 Å². The Hall–Kier alpha value is -1.59. The number of carbonyl (C=O) groups is 2. The summed E-state index contributed by atoms with van der Waals surface area (Å²) < 4.78 is 0. The van der Waals surface area contributed by atoms with Gasteiger partial charge in [-0.3, -0.25) is 9.59 Å². The highest BCUT2D eigenvalue weighted by Gasteiger charge is 2.28. The minimum absolute atomic E-state index is 0.00559. The van der Waals surface area contributed by atoms with Crippen LogP contribution < -0.4 is 10.6 Å². The van der Waals surface area contributed by atoms with Crippen LogP contribution in [-0.4, -0.2) is 29.1 Å². The molecule has 22 heavy (non-hydrogen) atoms. The minimum atomic E-state index is -1.06. The molecule has 0 aliphatic rings. The molecule has 0 heterocycles. The molecule has 0 spiro atoms. The second kappa shape index (κ2) is 7.61. The van der Waals surface area contributed by atoms with E-state index in [1.807, 2.05) is 13.8 Å². The average molecular weight is 327 g/mol. The first kappa shape index (κ1) is 18.5. The van der Waals surface area contributed by atoms with Crippen LogP contribution in [0.25, 0.3) is 0 Å². The van der Waals surface area contributed by atoms with Gasteiger partial charge in [0.15, 0.2) is 0 Å². The summed E-state index contributed by atoms with van der Waals surface area (Å²) in [6, 6.07) is 5.04. The maximum Gasteiger partial charge on any atom is 0.313 e. The van der Waals surface area contributed by atoms with Crippen LogP contribution in [-0.2, 0) is 9.59 Å². The highest BCUT2D eigenvalue weighted by Crippen LogP contribution is 2.20. The summed E-state index contributed by atoms with van der Waals surface area (Å²) >= 11 is 5.87. The van der Waals surface area contributed by atoms with Crippen molar-refractivity contribution in [1.82, 2.24) is 5.32 Å². The van der Waals surface area contributed by atoms with E-state index in [1.54, 1.807) is 32.0 Å². The van der Waals surface area contributed by atoms with Gasteiger partial charge in [-0.05, 0) is 37.5 Å². The van der Waals surface area contributed by atoms with Crippen molar-refractivity contribution in [2.45, 2.75) is 39.7 Å². The van der Waals surface area contributed by atoms with E-state index in [-0.39, 0.29) is 12.5 Å². The fourth-order valence-electron chi connectivity index (χ4n) is 1.86. The van der Waals surface area contributed by atoms with E-state index in [0.29, 0.717) is 10.7 Å². The first-order chi connectivity index (χ1) is 10.2. The van der Waals surface area contributed by atoms with Crippen molar-refractivity contribution in [1.29, 1.82) is 0 Å². The second-order valence-electron chi connectivity index (χ2n) is 5.76. The number of benzene rings is 1. The van der Waals surface area contributed by atoms with E-state index in [0.717, 1.165) is 12.0 Å². The molecule has 2 atom stereocenters. The Bertz CT molecular complexity index is 558. The zero-order valence-corrected chi connectivity index (χ0v) is 14.1. The first-order valence-electron chi connectivity index (χ1n) is 7.25. The van der Waals surface area contributed by atoms with Crippen molar-refractivity contribution in [3.8, 4) is 0 Å². The lowest BCUT2D eigenvalue weighted by Crippen LogP contribution is -2.47. The molecule has 0 aromatic heterocycles. The number of carbonyl (C=O) groups excluding carboxylic acids is 2. The van der Waals surface area contributed by atoms with Gasteiger partial charge in [0.2, 0.25) is 0 Å². The fourth-order valence-corrected chi connectivity index (χ4v) is 2.03. The molecule has 0 aliphatic heterocycles. The summed E-state index contributed by atoms with van der Waals surface area (Å²) in [5.41, 5.74) is 0.231. The molecule has 3 N–H and O–H groups in total. The quantitative estimate of drug-likeness (QED) is 0.727. The third-order valence-electron chi connectivity index (χ3n) is 3.93. The lowest BCUT2D eigenvalue weighted by Gasteiger charge is -2.29. The molecule has 0 aliphatic carbocycles. The maximum atomic E-state index is 11.9. The van der Waals surface area contributed by atoms with Gasteiger partial charge in [-0.25, -0.2) is 0 Å². The number of aliphatic hydroxyl groups is 1. The van der Waals surface area contributed by atoms with E-state index < -0.39 is 17.4 Å². The molecule has 6 heteroatoms. The molecule has 2 amide bonds. The van der Waals surface area contributed by atoms with E-state index in [1.165, 1.54) is 0 Å². The van der Waals surface area contributed by atoms with Crippen LogP contribution in [0.4, 0.5) is 5.69 Å². The van der Waals surface area contributed by atoms with Crippen LogP contribution in [0, 0.1) is 12.8 Å². The molecule has 1 rings (SSSR count). The molecule has 1 aromatic rings. The monoisotopic (exact) mass is 326 g/mol. The standard InChI is InChI=1S/C16H23ClN2O3/c1-5-11(3)16(4,22)9-18-14(20)15(21)19-13-8-12(17)7-6-10(13)2/h6-8,11,22H,5,9H2,1-4H3,(H,18,20)(H,19,21)/t11-,16+/m0/s1. The van der Waals surface area contributed by atoms with E-state index in [2.05, 4.69) is 10.6 Å². The smallest absolute Gasteiger partial charge is 0.313 e. The van der Waals surface area contributed by atoms with E-state index in [4.69, 9.17) is 11.6 Å². The molecule has 122 valence electrons. The summed E-state index contributed by atoms with van der Waals surface area (Å²) in [7, 11) is 0. The predicted molar refractivity (Wildman–Crippen MR) is 87.9 cm³/mol. The Balaban J connectivity index is 2.63. The van der Waals surface area contributed by atoms with Crippen LogP contribution in [0.15, 0.2) is 18.2 Å². The Morgan fingerprint density at radius 3 is 2.59 bits per heavy atom. The Morgan fingerprint density at radius 1 is 1.36 bits per heavy atom. The number of rotatable bonds is 5. The van der Waals surface area contributed by atoms with E-state index in [9.17, 15) is 14.7 Å². The Morgan fingerprint density at radius 2 is 2.00 bits per heavy atom. The third-order valence-corrected chi connectivity index (χ3v) is 4.17. The van der Waals surface area contributed by atoms with Crippen molar-refractivity contribution >= 4 is 29.1 Å². The summed E-state index contributed by atoms with van der Waals surface area (Å²) in [6.45, 7) is 7.30. The van der Waals surface area contributed by atoms with Crippen LogP contribution >= 0.6 is 11.6 Å². The van der Waals surface area contributed by atoms with Crippen molar-refractivity contribution < 1.29 is 14.7 Å². The first-order valence-corrected chi connectivity index (χ1v) is 7.63. The zero-order chi connectivity index (χ0) is 16.9. The molecular formula is C16H23ClN2O3. The predicted octanol–water partition coefficient (Wildman–Crippen LogP) is 2.50. The number of halogens is 1. The molecular weight excluding hydrogens is 304 g/mol. The van der Waals surface area contributed by atoms with Crippen LogP contribution in [0.2, 0.25) is 5.02 Å². The highest BCUT2D eigenvalue weighted by atomic mass is 35.5. The summed E-state index contributed by atoms with van der Waals surface area (Å²) in [6.07, 6.45) is 0.775. The molecule has 0 bridgehead atoms. The number of amides is 2. The molecule has 1 aromatic carbocycles. The average Bonchev–Trinajstić information content (AvgIpc) is 2.47. The summed E-state index contributed by atoms with van der Waals surface area (Å²) in [5, 5.41) is 15.7. The highest BCUT2D eigenvalue weighted by molar-refractivity contribution is 6.40. The number of hydrogen-bond acceptors (Lipinski definition) is 3. The Labute approximate surface area is 136 Å². The van der Waals surface area contributed by atoms with Gasteiger partial charge in [0.25, 0.3) is 0 Å². The molecule has 0 saturated carbocycles. The molecule has 0 radical (unpaired) electrons. The SMILES string of the molecule is CC[C@H](C)[C@](C)(O)CNC(=O)C(=O)Nc1cc(Cl)ccc1C. The maximum absolute atomic E-state index is 11.9. The number of aryl methyl sites for hydroxylation is 1. The largest absolute Gasteiger partial charge is 0.388 e. The zero-order valence-electron chi connectivity index (χ0n) is 13.4. The number of anilines is 1. The lowest BCUT2D eigenvalue weighted by molar-refractivity contribution is -0.137. The van der Waals surface area contributed by atoms with Crippen molar-refractivity contribution in [3.63, 3.8) is 0 Å². The fraction of sp³-hybridized carbons (Fsp3) is 0.500. The van der Waals surface area contributed by atoms with Gasteiger partial charge in [-0.15, -0.1) is 0 Å². The summed E-state index contributed by atoms with van der Waals surface area (Å²) in [5.74, 6) is -1.57. The van der Waals surface area contributed by atoms with Crippen molar-refractivity contribution in [2.75, 3.05) is 11.9 Å². The normalized spacial score (nSPS) is 14.8. The van der Waals surface area contributed by atoms with Crippen molar-refractivity contribution in [2.24, 2.45) is 5.92 Å². The van der Waals surface area contributed by atoms with Crippen LogP contribution in [0.5, 0.6) is 0 Å². The van der Waals surface area contributed by atoms with Gasteiger partial charge in [0.05, 0.1) is 5.60 Å². The topological polar surface area (TPSA) is 78.4 Å². The summed E-state index contributed by atoms with van der Waals surface area (Å²) in [4.78, 5) is 23.7. The van der Waals surface area contributed by atoms with Gasteiger partial charge < -0.3 is 15.7 Å². The van der Waals surface area contributed by atoms with Crippen LogP contribution in [0.1, 0.15) is 32.8 Å². The molecule has 0 unspecified atom stereocenters. The minimum Gasteiger partial charge on any atom is -0.388 e. The van der Waals surface area contributed by atoms with Gasteiger partial charge in [-0.1, -0.05) is 37.9 Å². The third kappa shape index (κ3) is 5.00. The Kier molecular flexibility index (Phi) is 6.38. The van der Waals surface area contributed by atoms with Gasteiger partial charge in [0, 0.05) is 17.3 Å². The lowest BCUT2D eigenvalue weighted by atomic mass is 9.89. The molecule has 5 nitrogen and oxygen atoms in total. The number of nitrogens with one attached hydrogen (secondary N) is 2. The van der Waals surface area contributed by atoms with Crippen molar-refractivity contribution in [3.05, 3.63) is 28.8 Å². The second-order valence-corrected chi connectivity index (χ2v) is 6.20. The molecule has 0 saturated heterocycles.